The van der Waals surface area contributed by atoms with Gasteiger partial charge in [-0.1, -0.05) is 6.58 Å². The third-order valence-corrected chi connectivity index (χ3v) is 6.05. The summed E-state index contributed by atoms with van der Waals surface area (Å²) in [6.07, 6.45) is 6.99. The van der Waals surface area contributed by atoms with Crippen LogP contribution in [0, 0.1) is 5.92 Å². The summed E-state index contributed by atoms with van der Waals surface area (Å²) < 4.78 is 1.91. The predicted molar refractivity (Wildman–Crippen MR) is 99.2 cm³/mol. The molecular weight excluding hydrogens is 336 g/mol. The van der Waals surface area contributed by atoms with Crippen LogP contribution in [-0.4, -0.2) is 62.5 Å². The molecule has 0 aromatic carbocycles. The van der Waals surface area contributed by atoms with Gasteiger partial charge in [-0.2, -0.15) is 16.9 Å². The van der Waals surface area contributed by atoms with Crippen molar-refractivity contribution in [3.8, 4) is 0 Å². The zero-order valence-corrected chi connectivity index (χ0v) is 15.6. The lowest BCUT2D eigenvalue weighted by Gasteiger charge is -2.39. The number of hydrogen-bond acceptors (Lipinski definition) is 4. The second kappa shape index (κ2) is 8.08. The van der Waals surface area contributed by atoms with Crippen LogP contribution in [0.5, 0.6) is 0 Å². The molecule has 2 atom stereocenters. The van der Waals surface area contributed by atoms with Crippen LogP contribution in [0.2, 0.25) is 0 Å². The molecule has 2 amide bonds. The van der Waals surface area contributed by atoms with Crippen LogP contribution < -0.4 is 0 Å². The Labute approximate surface area is 153 Å². The van der Waals surface area contributed by atoms with Gasteiger partial charge in [0.05, 0.1) is 18.2 Å². The molecule has 0 N–H and O–H groups in total. The molecule has 0 saturated carbocycles. The lowest BCUT2D eigenvalue weighted by molar-refractivity contribution is -0.141. The molecule has 2 aliphatic rings. The van der Waals surface area contributed by atoms with Crippen LogP contribution >= 0.6 is 11.8 Å². The zero-order chi connectivity index (χ0) is 17.8. The smallest absolute Gasteiger partial charge is 0.245 e. The average molecular weight is 362 g/mol. The van der Waals surface area contributed by atoms with Crippen LogP contribution in [0.3, 0.4) is 0 Å². The molecule has 0 spiro atoms. The SMILES string of the molecule is C=CC(=O)N1CCCC(C(=O)N2CCSCC2c2cnn(CC)c2)C1. The lowest BCUT2D eigenvalue weighted by atomic mass is 9.95. The Bertz CT molecular complexity index is 645. The highest BCUT2D eigenvalue weighted by Crippen LogP contribution is 2.32. The summed E-state index contributed by atoms with van der Waals surface area (Å²) in [6, 6.07) is 0.0806. The number of aromatic nitrogens is 2. The van der Waals surface area contributed by atoms with Crippen LogP contribution in [0.25, 0.3) is 0 Å². The molecule has 2 aliphatic heterocycles. The second-order valence-corrected chi connectivity index (χ2v) is 7.73. The minimum atomic E-state index is -0.107. The van der Waals surface area contributed by atoms with Gasteiger partial charge in [0, 0.05) is 49.4 Å². The highest BCUT2D eigenvalue weighted by Gasteiger charge is 2.35. The van der Waals surface area contributed by atoms with Gasteiger partial charge < -0.3 is 9.80 Å². The Morgan fingerprint density at radius 2 is 2.28 bits per heavy atom. The van der Waals surface area contributed by atoms with Crippen LogP contribution in [-0.2, 0) is 16.1 Å². The van der Waals surface area contributed by atoms with Crippen molar-refractivity contribution in [1.82, 2.24) is 19.6 Å². The monoisotopic (exact) mass is 362 g/mol. The first-order valence-electron chi connectivity index (χ1n) is 8.96. The maximum Gasteiger partial charge on any atom is 0.245 e. The Morgan fingerprint density at radius 3 is 3.00 bits per heavy atom. The summed E-state index contributed by atoms with van der Waals surface area (Å²) in [5.74, 6) is 1.86. The van der Waals surface area contributed by atoms with E-state index in [1.807, 2.05) is 33.7 Å². The van der Waals surface area contributed by atoms with Crippen molar-refractivity contribution in [1.29, 1.82) is 0 Å². The lowest BCUT2D eigenvalue weighted by Crippen LogP contribution is -2.49. The number of rotatable bonds is 4. The number of hydrogen-bond donors (Lipinski definition) is 0. The molecule has 3 heterocycles. The summed E-state index contributed by atoms with van der Waals surface area (Å²) in [6.45, 7) is 8.43. The predicted octanol–water partition coefficient (Wildman–Crippen LogP) is 1.94. The number of carbonyl (C=O) groups is 2. The molecule has 0 aliphatic carbocycles. The standard InChI is InChI=1S/C18H26N4O2S/c1-3-17(23)20-7-5-6-14(11-20)18(24)22-8-9-25-13-16(22)15-10-19-21(4-2)12-15/h3,10,12,14,16H,1,4-9,11,13H2,2H3. The van der Waals surface area contributed by atoms with Crippen molar-refractivity contribution in [3.05, 3.63) is 30.6 Å². The second-order valence-electron chi connectivity index (χ2n) is 6.58. The number of aryl methyl sites for hydroxylation is 1. The average Bonchev–Trinajstić information content (AvgIpc) is 3.16. The first-order valence-corrected chi connectivity index (χ1v) is 10.1. The van der Waals surface area contributed by atoms with E-state index >= 15 is 0 Å². The fourth-order valence-corrected chi connectivity index (χ4v) is 4.70. The van der Waals surface area contributed by atoms with Crippen molar-refractivity contribution in [3.63, 3.8) is 0 Å². The zero-order valence-electron chi connectivity index (χ0n) is 14.8. The summed E-state index contributed by atoms with van der Waals surface area (Å²) >= 11 is 1.88. The topological polar surface area (TPSA) is 58.4 Å². The van der Waals surface area contributed by atoms with Gasteiger partial charge in [-0.05, 0) is 25.8 Å². The number of carbonyl (C=O) groups excluding carboxylic acids is 2. The molecule has 2 saturated heterocycles. The number of nitrogens with zero attached hydrogens (tertiary/aromatic N) is 4. The van der Waals surface area contributed by atoms with Crippen LogP contribution in [0.1, 0.15) is 31.4 Å². The number of amides is 2. The molecular formula is C18H26N4O2S. The van der Waals surface area contributed by atoms with E-state index in [0.29, 0.717) is 6.54 Å². The van der Waals surface area contributed by atoms with E-state index in [2.05, 4.69) is 18.6 Å². The summed E-state index contributed by atoms with van der Waals surface area (Å²) in [4.78, 5) is 28.9. The first-order chi connectivity index (χ1) is 12.1. The molecule has 6 nitrogen and oxygen atoms in total. The Kier molecular flexibility index (Phi) is 5.83. The molecule has 136 valence electrons. The van der Waals surface area contributed by atoms with Crippen molar-refractivity contribution in [2.24, 2.45) is 5.92 Å². The van der Waals surface area contributed by atoms with E-state index in [0.717, 1.165) is 49.5 Å². The van der Waals surface area contributed by atoms with E-state index in [9.17, 15) is 9.59 Å². The molecule has 7 heteroatoms. The number of piperidine rings is 1. The molecule has 1 aromatic heterocycles. The van der Waals surface area contributed by atoms with E-state index in [1.165, 1.54) is 6.08 Å². The third-order valence-electron chi connectivity index (χ3n) is 5.03. The molecule has 0 radical (unpaired) electrons. The third kappa shape index (κ3) is 3.92. The first kappa shape index (κ1) is 18.0. The molecule has 2 fully saturated rings. The van der Waals surface area contributed by atoms with Crippen molar-refractivity contribution in [2.45, 2.75) is 32.4 Å². The molecule has 0 bridgehead atoms. The van der Waals surface area contributed by atoms with Crippen molar-refractivity contribution < 1.29 is 9.59 Å². The maximum atomic E-state index is 13.2. The Morgan fingerprint density at radius 1 is 1.44 bits per heavy atom. The molecule has 2 unspecified atom stereocenters. The van der Waals surface area contributed by atoms with Gasteiger partial charge in [-0.3, -0.25) is 14.3 Å². The minimum absolute atomic E-state index is 0.0764. The number of thioether (sulfide) groups is 1. The number of likely N-dealkylation sites (tertiary alicyclic amines) is 1. The summed E-state index contributed by atoms with van der Waals surface area (Å²) in [5.41, 5.74) is 1.11. The van der Waals surface area contributed by atoms with Crippen molar-refractivity contribution >= 4 is 23.6 Å². The van der Waals surface area contributed by atoms with Crippen molar-refractivity contribution in [2.75, 3.05) is 31.1 Å². The minimum Gasteiger partial charge on any atom is -0.338 e. The van der Waals surface area contributed by atoms with Gasteiger partial charge in [0.1, 0.15) is 0 Å². The Hall–Kier alpha value is -1.76. The van der Waals surface area contributed by atoms with Gasteiger partial charge in [0.25, 0.3) is 0 Å². The Balaban J connectivity index is 1.74. The molecule has 1 aromatic rings. The highest BCUT2D eigenvalue weighted by molar-refractivity contribution is 7.99. The van der Waals surface area contributed by atoms with E-state index in [-0.39, 0.29) is 23.8 Å². The van der Waals surface area contributed by atoms with Crippen LogP contribution in [0.4, 0.5) is 0 Å². The van der Waals surface area contributed by atoms with E-state index < -0.39 is 0 Å². The van der Waals surface area contributed by atoms with Gasteiger partial charge >= 0.3 is 0 Å². The highest BCUT2D eigenvalue weighted by atomic mass is 32.2. The molecule has 25 heavy (non-hydrogen) atoms. The maximum absolute atomic E-state index is 13.2. The van der Waals surface area contributed by atoms with Gasteiger partial charge in [0.15, 0.2) is 0 Å². The van der Waals surface area contributed by atoms with Gasteiger partial charge in [-0.25, -0.2) is 0 Å². The van der Waals surface area contributed by atoms with Gasteiger partial charge in [0.2, 0.25) is 11.8 Å². The van der Waals surface area contributed by atoms with Gasteiger partial charge in [-0.15, -0.1) is 0 Å². The van der Waals surface area contributed by atoms with Crippen LogP contribution in [0.15, 0.2) is 25.0 Å². The fraction of sp³-hybridized carbons (Fsp3) is 0.611. The summed E-state index contributed by atoms with van der Waals surface area (Å²) in [5, 5.41) is 4.37. The fourth-order valence-electron chi connectivity index (χ4n) is 3.61. The summed E-state index contributed by atoms with van der Waals surface area (Å²) in [7, 11) is 0. The van der Waals surface area contributed by atoms with E-state index in [4.69, 9.17) is 0 Å². The largest absolute Gasteiger partial charge is 0.338 e. The molecule has 3 rings (SSSR count). The van der Waals surface area contributed by atoms with E-state index in [1.54, 1.807) is 4.90 Å². The normalized spacial score (nSPS) is 24.2. The quantitative estimate of drug-likeness (QED) is 0.768.